The van der Waals surface area contributed by atoms with E-state index in [-0.39, 0.29) is 0 Å². The van der Waals surface area contributed by atoms with Gasteiger partial charge in [-0.1, -0.05) is 36.4 Å². The molecule has 2 aromatic carbocycles. The van der Waals surface area contributed by atoms with Gasteiger partial charge < -0.3 is 9.64 Å². The highest BCUT2D eigenvalue weighted by Gasteiger charge is 2.20. The quantitative estimate of drug-likeness (QED) is 0.730. The first-order valence-corrected chi connectivity index (χ1v) is 8.77. The summed E-state index contributed by atoms with van der Waals surface area (Å²) < 4.78 is 5.49. The number of pyridine rings is 1. The predicted octanol–water partition coefficient (Wildman–Crippen LogP) is 3.57. The van der Waals surface area contributed by atoms with Crippen LogP contribution in [0.15, 0.2) is 60.8 Å². The van der Waals surface area contributed by atoms with E-state index >= 15 is 0 Å². The van der Waals surface area contributed by atoms with Crippen LogP contribution in [0.1, 0.15) is 5.56 Å². The zero-order chi connectivity index (χ0) is 17.1. The maximum absolute atomic E-state index is 5.49. The summed E-state index contributed by atoms with van der Waals surface area (Å²) in [6.45, 7) is 5.14. The fraction of sp³-hybridized carbons (Fsp3) is 0.286. The van der Waals surface area contributed by atoms with Gasteiger partial charge in [-0.15, -0.1) is 0 Å². The average molecular weight is 333 g/mol. The molecule has 4 nitrogen and oxygen atoms in total. The van der Waals surface area contributed by atoms with Crippen molar-refractivity contribution in [2.24, 2.45) is 0 Å². The van der Waals surface area contributed by atoms with E-state index in [9.17, 15) is 0 Å². The smallest absolute Gasteiger partial charge is 0.121 e. The number of aromatic nitrogens is 1. The first kappa shape index (κ1) is 15.9. The maximum atomic E-state index is 5.49. The summed E-state index contributed by atoms with van der Waals surface area (Å²) >= 11 is 0. The first-order valence-electron chi connectivity index (χ1n) is 8.77. The number of nitrogens with zero attached hydrogens (tertiary/aromatic N) is 3. The van der Waals surface area contributed by atoms with Crippen LogP contribution in [0.2, 0.25) is 0 Å². The molecular formula is C21H23N3O. The van der Waals surface area contributed by atoms with E-state index in [0.717, 1.165) is 49.4 Å². The fourth-order valence-electron chi connectivity index (χ4n) is 3.49. The largest absolute Gasteiger partial charge is 0.497 e. The zero-order valence-corrected chi connectivity index (χ0v) is 14.6. The van der Waals surface area contributed by atoms with Gasteiger partial charge in [-0.25, -0.2) is 0 Å². The van der Waals surface area contributed by atoms with Gasteiger partial charge in [0.25, 0.3) is 0 Å². The van der Waals surface area contributed by atoms with Crippen LogP contribution in [0.3, 0.4) is 0 Å². The first-order chi connectivity index (χ1) is 12.3. The lowest BCUT2D eigenvalue weighted by atomic mass is 10.1. The molecule has 3 aromatic rings. The molecule has 25 heavy (non-hydrogen) atoms. The standard InChI is InChI=1S/C21H23N3O/c1-25-19-14-18-8-5-9-22-21(18)20(15-19)24-12-10-23(11-13-24)16-17-6-3-2-4-7-17/h2-9,14-15H,10-13,16H2,1H3. The second kappa shape index (κ2) is 7.11. The number of methoxy groups -OCH3 is 1. The van der Waals surface area contributed by atoms with Crippen molar-refractivity contribution < 1.29 is 4.74 Å². The molecule has 4 rings (SSSR count). The van der Waals surface area contributed by atoms with E-state index in [4.69, 9.17) is 4.74 Å². The van der Waals surface area contributed by atoms with Gasteiger partial charge in [-0.3, -0.25) is 9.88 Å². The van der Waals surface area contributed by atoms with Gasteiger partial charge in [0, 0.05) is 50.4 Å². The van der Waals surface area contributed by atoms with E-state index in [1.807, 2.05) is 12.3 Å². The van der Waals surface area contributed by atoms with Crippen molar-refractivity contribution >= 4 is 16.6 Å². The van der Waals surface area contributed by atoms with Crippen LogP contribution in [0.25, 0.3) is 10.9 Å². The van der Waals surface area contributed by atoms with Gasteiger partial charge in [0.2, 0.25) is 0 Å². The summed E-state index contributed by atoms with van der Waals surface area (Å²) in [5.41, 5.74) is 3.61. The predicted molar refractivity (Wildman–Crippen MR) is 102 cm³/mol. The van der Waals surface area contributed by atoms with Crippen molar-refractivity contribution in [2.45, 2.75) is 6.54 Å². The summed E-state index contributed by atoms with van der Waals surface area (Å²) in [4.78, 5) is 9.55. The van der Waals surface area contributed by atoms with Crippen molar-refractivity contribution in [1.82, 2.24) is 9.88 Å². The number of benzene rings is 2. The lowest BCUT2D eigenvalue weighted by Gasteiger charge is -2.36. The Morgan fingerprint density at radius 3 is 2.52 bits per heavy atom. The van der Waals surface area contributed by atoms with Crippen molar-refractivity contribution in [3.8, 4) is 5.75 Å². The Hall–Kier alpha value is -2.59. The van der Waals surface area contributed by atoms with Gasteiger partial charge in [-0.05, 0) is 17.7 Å². The molecule has 1 aliphatic rings. The third kappa shape index (κ3) is 3.44. The molecule has 1 saturated heterocycles. The SMILES string of the molecule is COc1cc(N2CCN(Cc3ccccc3)CC2)c2ncccc2c1. The number of hydrogen-bond acceptors (Lipinski definition) is 4. The number of ether oxygens (including phenoxy) is 1. The minimum Gasteiger partial charge on any atom is -0.497 e. The number of fused-ring (bicyclic) bond motifs is 1. The Morgan fingerprint density at radius 1 is 0.960 bits per heavy atom. The third-order valence-corrected chi connectivity index (χ3v) is 4.86. The molecular weight excluding hydrogens is 310 g/mol. The Morgan fingerprint density at radius 2 is 1.76 bits per heavy atom. The normalized spacial score (nSPS) is 15.5. The van der Waals surface area contributed by atoms with Crippen LogP contribution in [0, 0.1) is 0 Å². The number of rotatable bonds is 4. The molecule has 4 heteroatoms. The second-order valence-corrected chi connectivity index (χ2v) is 6.47. The van der Waals surface area contributed by atoms with Crippen LogP contribution in [-0.4, -0.2) is 43.2 Å². The van der Waals surface area contributed by atoms with Gasteiger partial charge in [-0.2, -0.15) is 0 Å². The monoisotopic (exact) mass is 333 g/mol. The van der Waals surface area contributed by atoms with E-state index < -0.39 is 0 Å². The van der Waals surface area contributed by atoms with Crippen molar-refractivity contribution in [1.29, 1.82) is 0 Å². The van der Waals surface area contributed by atoms with Crippen molar-refractivity contribution in [3.63, 3.8) is 0 Å². The van der Waals surface area contributed by atoms with Gasteiger partial charge in [0.05, 0.1) is 18.3 Å². The van der Waals surface area contributed by atoms with Crippen molar-refractivity contribution in [2.75, 3.05) is 38.2 Å². The maximum Gasteiger partial charge on any atom is 0.121 e. The average Bonchev–Trinajstić information content (AvgIpc) is 2.68. The molecule has 0 aliphatic carbocycles. The number of piperazine rings is 1. The Labute approximate surface area is 148 Å². The van der Waals surface area contributed by atoms with Gasteiger partial charge in [0.15, 0.2) is 0 Å². The topological polar surface area (TPSA) is 28.6 Å². The molecule has 0 spiro atoms. The van der Waals surface area contributed by atoms with Crippen LogP contribution in [0.4, 0.5) is 5.69 Å². The molecule has 1 fully saturated rings. The molecule has 0 unspecified atom stereocenters. The highest BCUT2D eigenvalue weighted by Crippen LogP contribution is 2.31. The van der Waals surface area contributed by atoms with E-state index in [1.54, 1.807) is 7.11 Å². The van der Waals surface area contributed by atoms with Crippen LogP contribution >= 0.6 is 0 Å². The molecule has 0 radical (unpaired) electrons. The van der Waals surface area contributed by atoms with Gasteiger partial charge in [0.1, 0.15) is 5.75 Å². The highest BCUT2D eigenvalue weighted by molar-refractivity contribution is 5.92. The molecule has 0 amide bonds. The molecule has 128 valence electrons. The fourth-order valence-corrected chi connectivity index (χ4v) is 3.49. The number of hydrogen-bond donors (Lipinski definition) is 0. The Balaban J connectivity index is 1.52. The highest BCUT2D eigenvalue weighted by atomic mass is 16.5. The molecule has 0 bridgehead atoms. The Kier molecular flexibility index (Phi) is 4.53. The van der Waals surface area contributed by atoms with Crippen molar-refractivity contribution in [3.05, 3.63) is 66.4 Å². The molecule has 0 N–H and O–H groups in total. The van der Waals surface area contributed by atoms with Crippen LogP contribution in [0.5, 0.6) is 5.75 Å². The van der Waals surface area contributed by atoms with Gasteiger partial charge >= 0.3 is 0 Å². The molecule has 1 aromatic heterocycles. The summed E-state index contributed by atoms with van der Waals surface area (Å²) in [5, 5.41) is 1.13. The summed E-state index contributed by atoms with van der Waals surface area (Å²) in [5.74, 6) is 0.891. The molecule has 2 heterocycles. The minimum atomic E-state index is 0.891. The minimum absolute atomic E-state index is 0.891. The second-order valence-electron chi connectivity index (χ2n) is 6.47. The van der Waals surface area contributed by atoms with Crippen LogP contribution < -0.4 is 9.64 Å². The molecule has 0 atom stereocenters. The summed E-state index contributed by atoms with van der Waals surface area (Å²) in [6.07, 6.45) is 1.87. The van der Waals surface area contributed by atoms with E-state index in [0.29, 0.717) is 0 Å². The lowest BCUT2D eigenvalue weighted by Crippen LogP contribution is -2.46. The summed E-state index contributed by atoms with van der Waals surface area (Å²) in [6, 6.07) is 18.9. The molecule has 1 aliphatic heterocycles. The number of anilines is 1. The molecule has 0 saturated carbocycles. The lowest BCUT2D eigenvalue weighted by molar-refractivity contribution is 0.250. The Bertz CT molecular complexity index is 842. The van der Waals surface area contributed by atoms with E-state index in [2.05, 4.69) is 63.3 Å². The zero-order valence-electron chi connectivity index (χ0n) is 14.6. The summed E-state index contributed by atoms with van der Waals surface area (Å²) in [7, 11) is 1.72. The third-order valence-electron chi connectivity index (χ3n) is 4.86. The van der Waals surface area contributed by atoms with Crippen LogP contribution in [-0.2, 0) is 6.54 Å². The van der Waals surface area contributed by atoms with E-state index in [1.165, 1.54) is 11.3 Å².